The second kappa shape index (κ2) is 10.8. The monoisotopic (exact) mass is 556 g/mol. The Labute approximate surface area is 235 Å². The number of benzene rings is 4. The van der Waals surface area contributed by atoms with Crippen molar-refractivity contribution in [1.29, 1.82) is 0 Å². The van der Waals surface area contributed by atoms with E-state index in [2.05, 4.69) is 26.0 Å². The summed E-state index contributed by atoms with van der Waals surface area (Å²) in [6, 6.07) is 31.2. The van der Waals surface area contributed by atoms with Crippen molar-refractivity contribution in [3.63, 3.8) is 0 Å². The van der Waals surface area contributed by atoms with E-state index >= 15 is 0 Å². The predicted molar refractivity (Wildman–Crippen MR) is 156 cm³/mol. The average Bonchev–Trinajstić information content (AvgIpc) is 3.80. The van der Waals surface area contributed by atoms with Crippen LogP contribution in [0.4, 0.5) is 0 Å². The maximum atomic E-state index is 14.0. The normalized spacial score (nSPS) is 20.0. The summed E-state index contributed by atoms with van der Waals surface area (Å²) in [5.74, 6) is 2.05. The molecular weight excluding hydrogens is 523 g/mol. The molecule has 0 radical (unpaired) electrons. The minimum absolute atomic E-state index is 0.00720. The van der Waals surface area contributed by atoms with Crippen molar-refractivity contribution in [1.82, 2.24) is 0 Å². The van der Waals surface area contributed by atoms with Gasteiger partial charge in [0.25, 0.3) is 7.37 Å². The summed E-state index contributed by atoms with van der Waals surface area (Å²) in [4.78, 5) is 0. The van der Waals surface area contributed by atoms with Crippen LogP contribution >= 0.6 is 7.37 Å². The van der Waals surface area contributed by atoms with Crippen LogP contribution in [0.2, 0.25) is 0 Å². The van der Waals surface area contributed by atoms with Crippen LogP contribution in [-0.2, 0) is 14.7 Å². The number of aliphatic hydroxyl groups is 1. The number of para-hydroxylation sites is 1. The van der Waals surface area contributed by atoms with E-state index in [1.165, 1.54) is 5.56 Å². The Kier molecular flexibility index (Phi) is 7.18. The van der Waals surface area contributed by atoms with Gasteiger partial charge in [-0.2, -0.15) is 0 Å². The number of epoxide rings is 1. The lowest BCUT2D eigenvalue weighted by Crippen LogP contribution is -2.28. The van der Waals surface area contributed by atoms with Crippen LogP contribution in [0.1, 0.15) is 25.0 Å². The molecule has 0 spiro atoms. The first kappa shape index (κ1) is 26.6. The van der Waals surface area contributed by atoms with Crippen LogP contribution in [0, 0.1) is 0 Å². The van der Waals surface area contributed by atoms with Gasteiger partial charge in [0.05, 0.1) is 24.2 Å². The van der Waals surface area contributed by atoms with Crippen molar-refractivity contribution in [3.8, 4) is 28.4 Å². The van der Waals surface area contributed by atoms with Gasteiger partial charge in [0.15, 0.2) is 0 Å². The number of aliphatic hydroxyl groups excluding tert-OH is 1. The second-order valence-electron chi connectivity index (χ2n) is 10.9. The molecule has 3 atom stereocenters. The number of ether oxygens (including phenoxy) is 3. The Morgan fingerprint density at radius 3 is 2.08 bits per heavy atom. The molecule has 0 aromatic heterocycles. The summed E-state index contributed by atoms with van der Waals surface area (Å²) >= 11 is 0. The van der Waals surface area contributed by atoms with Gasteiger partial charge in [-0.15, -0.1) is 0 Å². The Bertz CT molecular complexity index is 1530. The summed E-state index contributed by atoms with van der Waals surface area (Å²) in [6.07, 6.45) is -0.764. The zero-order valence-electron chi connectivity index (χ0n) is 22.7. The quantitative estimate of drug-likeness (QED) is 0.185. The zero-order valence-corrected chi connectivity index (χ0v) is 23.6. The first-order chi connectivity index (χ1) is 19.3. The number of hydrogen-bond acceptors (Lipinski definition) is 6. The van der Waals surface area contributed by atoms with Gasteiger partial charge in [-0.25, -0.2) is 0 Å². The smallest absolute Gasteiger partial charge is 0.280 e. The maximum Gasteiger partial charge on any atom is 0.280 e. The third kappa shape index (κ3) is 5.53. The summed E-state index contributed by atoms with van der Waals surface area (Å²) in [5.41, 5.74) is 3.87. The Hall–Kier alpha value is -3.57. The molecule has 3 unspecified atom stereocenters. The molecule has 0 aliphatic carbocycles. The van der Waals surface area contributed by atoms with Gasteiger partial charge >= 0.3 is 0 Å². The van der Waals surface area contributed by atoms with Gasteiger partial charge in [0.2, 0.25) is 0 Å². The topological polar surface area (TPSA) is 77.5 Å². The first-order valence-corrected chi connectivity index (χ1v) is 15.4. The van der Waals surface area contributed by atoms with Gasteiger partial charge in [0, 0.05) is 11.0 Å². The molecule has 1 N–H and O–H groups in total. The standard InChI is InChI=1S/C33H33O6P/c1-33(2,24-13-17-27(18-14-24)37-20-28-21-38-28)23-11-15-26(16-12-23)36-19-25(34)22-40(35)32-10-6-4-8-30(32)29-7-3-5-9-31(29)39-40/h3-18,25,28,34H,19-22H2,1-2H3. The second-order valence-corrected chi connectivity index (χ2v) is 13.2. The molecular formula is C33H33O6P. The highest BCUT2D eigenvalue weighted by molar-refractivity contribution is 7.67. The third-order valence-corrected chi connectivity index (χ3v) is 10.1. The molecule has 40 heavy (non-hydrogen) atoms. The highest BCUT2D eigenvalue weighted by Gasteiger charge is 2.37. The minimum Gasteiger partial charge on any atom is -0.491 e. The molecule has 4 aromatic carbocycles. The molecule has 206 valence electrons. The van der Waals surface area contributed by atoms with Crippen LogP contribution < -0.4 is 19.3 Å². The Balaban J connectivity index is 1.08. The molecule has 6 rings (SSSR count). The van der Waals surface area contributed by atoms with E-state index in [-0.39, 0.29) is 24.3 Å². The van der Waals surface area contributed by atoms with Crippen LogP contribution in [0.3, 0.4) is 0 Å². The van der Waals surface area contributed by atoms with Crippen molar-refractivity contribution >= 4 is 12.7 Å². The fourth-order valence-electron chi connectivity index (χ4n) is 5.09. The molecule has 2 aliphatic rings. The molecule has 2 aliphatic heterocycles. The van der Waals surface area contributed by atoms with E-state index in [4.69, 9.17) is 18.7 Å². The van der Waals surface area contributed by atoms with Gasteiger partial charge in [-0.3, -0.25) is 4.57 Å². The lowest BCUT2D eigenvalue weighted by molar-refractivity contribution is 0.123. The number of rotatable bonds is 10. The molecule has 1 saturated heterocycles. The average molecular weight is 557 g/mol. The predicted octanol–water partition coefficient (Wildman–Crippen LogP) is 6.19. The molecule has 7 heteroatoms. The Morgan fingerprint density at radius 1 is 0.850 bits per heavy atom. The fourth-order valence-corrected chi connectivity index (χ4v) is 7.47. The summed E-state index contributed by atoms with van der Waals surface area (Å²) in [5, 5.41) is 11.5. The van der Waals surface area contributed by atoms with Crippen LogP contribution in [0.5, 0.6) is 17.2 Å². The van der Waals surface area contributed by atoms with Crippen molar-refractivity contribution in [2.24, 2.45) is 0 Å². The van der Waals surface area contributed by atoms with Crippen LogP contribution in [0.25, 0.3) is 11.1 Å². The van der Waals surface area contributed by atoms with Crippen LogP contribution in [-0.4, -0.2) is 43.3 Å². The highest BCUT2D eigenvalue weighted by Crippen LogP contribution is 2.54. The zero-order chi connectivity index (χ0) is 27.7. The number of hydrogen-bond donors (Lipinski definition) is 1. The summed E-state index contributed by atoms with van der Waals surface area (Å²) in [6.45, 7) is 5.73. The minimum atomic E-state index is -3.33. The van der Waals surface area contributed by atoms with E-state index in [1.807, 2.05) is 84.9 Å². The van der Waals surface area contributed by atoms with E-state index in [9.17, 15) is 9.67 Å². The molecule has 2 heterocycles. The largest absolute Gasteiger partial charge is 0.491 e. The van der Waals surface area contributed by atoms with Crippen LogP contribution in [0.15, 0.2) is 97.1 Å². The first-order valence-electron chi connectivity index (χ1n) is 13.6. The van der Waals surface area contributed by atoms with Crippen molar-refractivity contribution in [3.05, 3.63) is 108 Å². The summed E-state index contributed by atoms with van der Waals surface area (Å²) < 4.78 is 36.9. The molecule has 0 bridgehead atoms. The van der Waals surface area contributed by atoms with Crippen molar-refractivity contribution in [2.45, 2.75) is 31.5 Å². The van der Waals surface area contributed by atoms with Gasteiger partial charge in [0.1, 0.15) is 36.6 Å². The number of fused-ring (bicyclic) bond motifs is 3. The summed E-state index contributed by atoms with van der Waals surface area (Å²) in [7, 11) is -3.33. The van der Waals surface area contributed by atoms with Gasteiger partial charge in [-0.05, 0) is 53.1 Å². The fraction of sp³-hybridized carbons (Fsp3) is 0.273. The lowest BCUT2D eigenvalue weighted by Gasteiger charge is -2.30. The van der Waals surface area contributed by atoms with Gasteiger partial charge < -0.3 is 23.8 Å². The highest BCUT2D eigenvalue weighted by atomic mass is 31.2. The van der Waals surface area contributed by atoms with Gasteiger partial charge in [-0.1, -0.05) is 74.5 Å². The van der Waals surface area contributed by atoms with E-state index in [1.54, 1.807) is 0 Å². The van der Waals surface area contributed by atoms with Crippen molar-refractivity contribution < 1.29 is 28.4 Å². The third-order valence-electron chi connectivity index (χ3n) is 7.58. The van der Waals surface area contributed by atoms with Crippen molar-refractivity contribution in [2.75, 3.05) is 26.0 Å². The molecule has 6 nitrogen and oxygen atoms in total. The molecule has 0 amide bonds. The van der Waals surface area contributed by atoms with E-state index < -0.39 is 13.5 Å². The SMILES string of the molecule is CC(C)(c1ccc(OCC(O)CP2(=O)Oc3ccccc3-c3ccccc32)cc1)c1ccc(OCC2CO2)cc1. The molecule has 4 aromatic rings. The Morgan fingerprint density at radius 2 is 1.43 bits per heavy atom. The maximum absolute atomic E-state index is 14.0. The molecule has 0 saturated carbocycles. The van der Waals surface area contributed by atoms with E-state index in [0.717, 1.165) is 29.0 Å². The van der Waals surface area contributed by atoms with E-state index in [0.29, 0.717) is 23.4 Å². The molecule has 1 fully saturated rings. The lowest BCUT2D eigenvalue weighted by atomic mass is 9.78.